The SMILES string of the molecule is Cc1c(Cl)cccc1N1C(=O)CC(N2CCN(CCOc3ccc(Cl)cc3)CC2)C1=O. The lowest BCUT2D eigenvalue weighted by Crippen LogP contribution is -2.53. The lowest BCUT2D eigenvalue weighted by atomic mass is 10.1. The van der Waals surface area contributed by atoms with Crippen molar-refractivity contribution in [3.63, 3.8) is 0 Å². The van der Waals surface area contributed by atoms with Crippen LogP contribution in [0.1, 0.15) is 12.0 Å². The van der Waals surface area contributed by atoms with Crippen LogP contribution in [-0.2, 0) is 9.59 Å². The Hall–Kier alpha value is -2.12. The minimum absolute atomic E-state index is 0.158. The van der Waals surface area contributed by atoms with E-state index in [1.54, 1.807) is 18.2 Å². The first-order valence-corrected chi connectivity index (χ1v) is 11.2. The van der Waals surface area contributed by atoms with E-state index >= 15 is 0 Å². The molecule has 4 rings (SSSR count). The minimum atomic E-state index is -0.404. The van der Waals surface area contributed by atoms with Gasteiger partial charge in [0.05, 0.1) is 18.2 Å². The zero-order valence-electron chi connectivity index (χ0n) is 17.4. The van der Waals surface area contributed by atoms with Gasteiger partial charge in [-0.3, -0.25) is 19.4 Å². The van der Waals surface area contributed by atoms with Gasteiger partial charge in [0.15, 0.2) is 0 Å². The van der Waals surface area contributed by atoms with Crippen LogP contribution in [0.2, 0.25) is 10.0 Å². The third-order valence-corrected chi connectivity index (χ3v) is 6.60. The van der Waals surface area contributed by atoms with E-state index in [4.69, 9.17) is 27.9 Å². The number of carbonyl (C=O) groups excluding carboxylic acids is 2. The molecule has 2 aliphatic heterocycles. The molecule has 0 bridgehead atoms. The molecule has 1 unspecified atom stereocenters. The Balaban J connectivity index is 1.29. The number of benzene rings is 2. The van der Waals surface area contributed by atoms with E-state index in [0.29, 0.717) is 22.3 Å². The molecule has 0 saturated carbocycles. The third-order valence-electron chi connectivity index (χ3n) is 5.94. The largest absolute Gasteiger partial charge is 0.492 e. The molecule has 2 aliphatic rings. The highest BCUT2D eigenvalue weighted by Gasteiger charge is 2.43. The summed E-state index contributed by atoms with van der Waals surface area (Å²) in [5.41, 5.74) is 1.33. The van der Waals surface area contributed by atoms with Crippen LogP contribution in [0.15, 0.2) is 42.5 Å². The number of piperazine rings is 1. The van der Waals surface area contributed by atoms with E-state index < -0.39 is 6.04 Å². The Labute approximate surface area is 192 Å². The average molecular weight is 462 g/mol. The molecule has 6 nitrogen and oxygen atoms in total. The molecular formula is C23H25Cl2N3O3. The number of imide groups is 1. The summed E-state index contributed by atoms with van der Waals surface area (Å²) in [4.78, 5) is 31.5. The Morgan fingerprint density at radius 2 is 1.71 bits per heavy atom. The van der Waals surface area contributed by atoms with Crippen molar-refractivity contribution < 1.29 is 14.3 Å². The van der Waals surface area contributed by atoms with Gasteiger partial charge in [0.25, 0.3) is 5.91 Å². The summed E-state index contributed by atoms with van der Waals surface area (Å²) >= 11 is 12.1. The number of hydrogen-bond acceptors (Lipinski definition) is 5. The van der Waals surface area contributed by atoms with Crippen LogP contribution >= 0.6 is 23.2 Å². The molecule has 164 valence electrons. The van der Waals surface area contributed by atoms with Gasteiger partial charge in [0.1, 0.15) is 12.4 Å². The highest BCUT2D eigenvalue weighted by molar-refractivity contribution is 6.32. The molecule has 31 heavy (non-hydrogen) atoms. The van der Waals surface area contributed by atoms with Crippen molar-refractivity contribution in [3.05, 3.63) is 58.1 Å². The summed E-state index contributed by atoms with van der Waals surface area (Å²) in [6.45, 7) is 6.37. The summed E-state index contributed by atoms with van der Waals surface area (Å²) in [5.74, 6) is 0.476. The maximum atomic E-state index is 13.1. The fourth-order valence-corrected chi connectivity index (χ4v) is 4.41. The molecule has 0 aromatic heterocycles. The van der Waals surface area contributed by atoms with Crippen molar-refractivity contribution in [2.24, 2.45) is 0 Å². The van der Waals surface area contributed by atoms with E-state index in [0.717, 1.165) is 44.0 Å². The number of anilines is 1. The molecule has 2 heterocycles. The quantitative estimate of drug-likeness (QED) is 0.614. The number of carbonyl (C=O) groups is 2. The predicted octanol–water partition coefficient (Wildman–Crippen LogP) is 3.63. The topological polar surface area (TPSA) is 53.1 Å². The van der Waals surface area contributed by atoms with Gasteiger partial charge < -0.3 is 4.74 Å². The van der Waals surface area contributed by atoms with Crippen LogP contribution in [0.25, 0.3) is 0 Å². The van der Waals surface area contributed by atoms with Crippen LogP contribution in [0.5, 0.6) is 5.75 Å². The summed E-state index contributed by atoms with van der Waals surface area (Å²) in [5, 5.41) is 1.24. The summed E-state index contributed by atoms with van der Waals surface area (Å²) in [6, 6.07) is 12.2. The van der Waals surface area contributed by atoms with Gasteiger partial charge in [-0.25, -0.2) is 4.90 Å². The van der Waals surface area contributed by atoms with Crippen LogP contribution in [0, 0.1) is 6.92 Å². The third kappa shape index (κ3) is 4.88. The van der Waals surface area contributed by atoms with Gasteiger partial charge in [-0.15, -0.1) is 0 Å². The van der Waals surface area contributed by atoms with Gasteiger partial charge in [-0.05, 0) is 48.9 Å². The van der Waals surface area contributed by atoms with Crippen LogP contribution < -0.4 is 9.64 Å². The normalized spacial score (nSPS) is 20.5. The van der Waals surface area contributed by atoms with Crippen LogP contribution in [-0.4, -0.2) is 67.0 Å². The fourth-order valence-electron chi connectivity index (χ4n) is 4.11. The van der Waals surface area contributed by atoms with E-state index in [2.05, 4.69) is 9.80 Å². The summed E-state index contributed by atoms with van der Waals surface area (Å²) in [6.07, 6.45) is 0.213. The maximum Gasteiger partial charge on any atom is 0.251 e. The first-order valence-electron chi connectivity index (χ1n) is 10.4. The molecule has 0 aliphatic carbocycles. The monoisotopic (exact) mass is 461 g/mol. The van der Waals surface area contributed by atoms with Crippen molar-refractivity contribution in [2.45, 2.75) is 19.4 Å². The number of ether oxygens (including phenoxy) is 1. The smallest absolute Gasteiger partial charge is 0.251 e. The second-order valence-electron chi connectivity index (χ2n) is 7.85. The van der Waals surface area contributed by atoms with E-state index in [9.17, 15) is 9.59 Å². The molecule has 2 saturated heterocycles. The summed E-state index contributed by atoms with van der Waals surface area (Å²) in [7, 11) is 0. The number of rotatable bonds is 6. The molecule has 1 atom stereocenters. The van der Waals surface area contributed by atoms with Crippen molar-refractivity contribution in [1.29, 1.82) is 0 Å². The lowest BCUT2D eigenvalue weighted by Gasteiger charge is -2.36. The molecule has 0 N–H and O–H groups in total. The standard InChI is InChI=1S/C23H25Cl2N3O3/c1-16-19(25)3-2-4-20(16)28-22(29)15-21(23(28)30)27-11-9-26(10-12-27)13-14-31-18-7-5-17(24)6-8-18/h2-8,21H,9-15H2,1H3. The molecule has 0 radical (unpaired) electrons. The first-order chi connectivity index (χ1) is 14.9. The average Bonchev–Trinajstić information content (AvgIpc) is 3.06. The highest BCUT2D eigenvalue weighted by Crippen LogP contribution is 2.32. The van der Waals surface area contributed by atoms with Crippen LogP contribution in [0.3, 0.4) is 0 Å². The van der Waals surface area contributed by atoms with Gasteiger partial charge in [0.2, 0.25) is 5.91 Å². The molecule has 2 amide bonds. The molecule has 0 spiro atoms. The summed E-state index contributed by atoms with van der Waals surface area (Å²) < 4.78 is 5.78. The Morgan fingerprint density at radius 3 is 2.42 bits per heavy atom. The van der Waals surface area contributed by atoms with Crippen LogP contribution in [0.4, 0.5) is 5.69 Å². The second-order valence-corrected chi connectivity index (χ2v) is 8.69. The zero-order valence-corrected chi connectivity index (χ0v) is 18.9. The van der Waals surface area contributed by atoms with E-state index in [1.807, 2.05) is 31.2 Å². The minimum Gasteiger partial charge on any atom is -0.492 e. The molecule has 2 fully saturated rings. The van der Waals surface area contributed by atoms with Crippen molar-refractivity contribution in [1.82, 2.24) is 9.80 Å². The van der Waals surface area contributed by atoms with Gasteiger partial charge in [-0.2, -0.15) is 0 Å². The van der Waals surface area contributed by atoms with E-state index in [-0.39, 0.29) is 18.2 Å². The molecular weight excluding hydrogens is 437 g/mol. The van der Waals surface area contributed by atoms with Gasteiger partial charge in [-0.1, -0.05) is 29.3 Å². The Kier molecular flexibility index (Phi) is 6.82. The molecule has 8 heteroatoms. The van der Waals surface area contributed by atoms with Crippen molar-refractivity contribution >= 4 is 40.7 Å². The Bertz CT molecular complexity index is 959. The molecule has 2 aromatic rings. The van der Waals surface area contributed by atoms with Crippen molar-refractivity contribution in [3.8, 4) is 5.75 Å². The number of hydrogen-bond donors (Lipinski definition) is 0. The van der Waals surface area contributed by atoms with Crippen molar-refractivity contribution in [2.75, 3.05) is 44.2 Å². The second kappa shape index (κ2) is 9.57. The van der Waals surface area contributed by atoms with Gasteiger partial charge >= 0.3 is 0 Å². The van der Waals surface area contributed by atoms with E-state index in [1.165, 1.54) is 4.90 Å². The molecule has 2 aromatic carbocycles. The predicted molar refractivity (Wildman–Crippen MR) is 122 cm³/mol. The fraction of sp³-hybridized carbons (Fsp3) is 0.391. The zero-order chi connectivity index (χ0) is 22.0. The first kappa shape index (κ1) is 22.1. The lowest BCUT2D eigenvalue weighted by molar-refractivity contribution is -0.123. The number of halogens is 2. The highest BCUT2D eigenvalue weighted by atomic mass is 35.5. The number of amides is 2. The van der Waals surface area contributed by atoms with Gasteiger partial charge in [0, 0.05) is 42.8 Å². The maximum absolute atomic E-state index is 13.1. The number of nitrogens with zero attached hydrogens (tertiary/aromatic N) is 3. The Morgan fingerprint density at radius 1 is 1.00 bits per heavy atom.